The van der Waals surface area contributed by atoms with Crippen molar-refractivity contribution in [1.82, 2.24) is 10.3 Å². The SMILES string of the molecule is Cl.O=C(CO[C@H]1CCCNC1)c1nccs1. The Balaban J connectivity index is 0.00000128. The number of piperidine rings is 1. The van der Waals surface area contributed by atoms with Crippen molar-refractivity contribution in [1.29, 1.82) is 0 Å². The van der Waals surface area contributed by atoms with E-state index in [9.17, 15) is 4.79 Å². The summed E-state index contributed by atoms with van der Waals surface area (Å²) in [5.41, 5.74) is 0. The van der Waals surface area contributed by atoms with E-state index in [0.717, 1.165) is 25.9 Å². The minimum Gasteiger partial charge on any atom is -0.369 e. The van der Waals surface area contributed by atoms with Crippen LogP contribution in [0.1, 0.15) is 22.6 Å². The van der Waals surface area contributed by atoms with Crippen molar-refractivity contribution in [3.63, 3.8) is 0 Å². The van der Waals surface area contributed by atoms with E-state index < -0.39 is 0 Å². The molecular formula is C10H15ClN2O2S. The smallest absolute Gasteiger partial charge is 0.216 e. The first kappa shape index (κ1) is 13.6. The van der Waals surface area contributed by atoms with E-state index >= 15 is 0 Å². The lowest BCUT2D eigenvalue weighted by Gasteiger charge is -2.22. The van der Waals surface area contributed by atoms with Gasteiger partial charge in [0.25, 0.3) is 0 Å². The fraction of sp³-hybridized carbons (Fsp3) is 0.600. The van der Waals surface area contributed by atoms with Gasteiger partial charge in [-0.1, -0.05) is 0 Å². The van der Waals surface area contributed by atoms with Crippen molar-refractivity contribution in [2.75, 3.05) is 19.7 Å². The topological polar surface area (TPSA) is 51.2 Å². The van der Waals surface area contributed by atoms with Crippen molar-refractivity contribution in [2.45, 2.75) is 18.9 Å². The normalized spacial score (nSPS) is 20.1. The standard InChI is InChI=1S/C10H14N2O2S.ClH/c13-9(10-12-4-5-15-10)7-14-8-2-1-3-11-6-8;/h4-5,8,11H,1-3,6-7H2;1H/t8-;/m0./s1. The van der Waals surface area contributed by atoms with Crippen LogP contribution in [0.25, 0.3) is 0 Å². The molecule has 1 aliphatic heterocycles. The molecule has 0 aromatic carbocycles. The van der Waals surface area contributed by atoms with Gasteiger partial charge in [-0.2, -0.15) is 0 Å². The highest BCUT2D eigenvalue weighted by molar-refractivity contribution is 7.11. The predicted molar refractivity (Wildman–Crippen MR) is 65.5 cm³/mol. The van der Waals surface area contributed by atoms with Crippen molar-refractivity contribution in [3.8, 4) is 0 Å². The van der Waals surface area contributed by atoms with Gasteiger partial charge in [-0.3, -0.25) is 4.79 Å². The van der Waals surface area contributed by atoms with Crippen LogP contribution in [-0.2, 0) is 4.74 Å². The zero-order valence-electron chi connectivity index (χ0n) is 8.85. The third kappa shape index (κ3) is 3.83. The average Bonchev–Trinajstić information content (AvgIpc) is 2.81. The second kappa shape index (κ2) is 6.96. The minimum atomic E-state index is -0.0180. The summed E-state index contributed by atoms with van der Waals surface area (Å²) in [6.07, 6.45) is 3.98. The summed E-state index contributed by atoms with van der Waals surface area (Å²) in [6, 6.07) is 0. The highest BCUT2D eigenvalue weighted by atomic mass is 35.5. The largest absolute Gasteiger partial charge is 0.369 e. The lowest BCUT2D eigenvalue weighted by Crippen LogP contribution is -2.36. The predicted octanol–water partition coefficient (Wildman–Crippen LogP) is 1.52. The van der Waals surface area contributed by atoms with E-state index in [4.69, 9.17) is 4.74 Å². The van der Waals surface area contributed by atoms with Crippen LogP contribution >= 0.6 is 23.7 Å². The first-order valence-electron chi connectivity index (χ1n) is 5.11. The Morgan fingerprint density at radius 1 is 1.69 bits per heavy atom. The number of Topliss-reactive ketones (excluding diaryl/α,β-unsaturated/α-hetero) is 1. The highest BCUT2D eigenvalue weighted by Crippen LogP contribution is 2.09. The number of halogens is 1. The number of nitrogens with zero attached hydrogens (tertiary/aromatic N) is 1. The molecule has 1 fully saturated rings. The second-order valence-electron chi connectivity index (χ2n) is 3.54. The number of hydrogen-bond donors (Lipinski definition) is 1. The van der Waals surface area contributed by atoms with Gasteiger partial charge in [0.1, 0.15) is 6.61 Å². The lowest BCUT2D eigenvalue weighted by molar-refractivity contribution is 0.0347. The summed E-state index contributed by atoms with van der Waals surface area (Å²) in [5.74, 6) is -0.0180. The molecule has 1 atom stereocenters. The molecule has 0 spiro atoms. The number of carbonyl (C=O) groups excluding carboxylic acids is 1. The molecule has 1 saturated heterocycles. The van der Waals surface area contributed by atoms with Gasteiger partial charge < -0.3 is 10.1 Å². The molecule has 1 N–H and O–H groups in total. The molecule has 2 heterocycles. The van der Waals surface area contributed by atoms with Gasteiger partial charge in [-0.05, 0) is 19.4 Å². The molecule has 1 aromatic heterocycles. The third-order valence-corrected chi connectivity index (χ3v) is 3.19. The van der Waals surface area contributed by atoms with Crippen LogP contribution in [0.5, 0.6) is 0 Å². The molecule has 90 valence electrons. The summed E-state index contributed by atoms with van der Waals surface area (Å²) in [6.45, 7) is 2.06. The number of hydrogen-bond acceptors (Lipinski definition) is 5. The van der Waals surface area contributed by atoms with E-state index in [-0.39, 0.29) is 30.9 Å². The molecule has 0 saturated carbocycles. The van der Waals surface area contributed by atoms with E-state index in [1.54, 1.807) is 11.6 Å². The quantitative estimate of drug-likeness (QED) is 0.836. The van der Waals surface area contributed by atoms with Gasteiger partial charge in [-0.15, -0.1) is 23.7 Å². The number of aromatic nitrogens is 1. The van der Waals surface area contributed by atoms with Gasteiger partial charge in [0.05, 0.1) is 6.10 Å². The van der Waals surface area contributed by atoms with E-state index in [1.807, 2.05) is 0 Å². The fourth-order valence-corrected chi connectivity index (χ4v) is 2.14. The average molecular weight is 263 g/mol. The molecule has 0 radical (unpaired) electrons. The van der Waals surface area contributed by atoms with Gasteiger partial charge in [0.15, 0.2) is 5.01 Å². The molecule has 2 rings (SSSR count). The van der Waals surface area contributed by atoms with Crippen LogP contribution in [0, 0.1) is 0 Å². The Labute approximate surface area is 105 Å². The first-order chi connectivity index (χ1) is 7.36. The Bertz CT molecular complexity index is 313. The molecule has 16 heavy (non-hydrogen) atoms. The number of rotatable bonds is 4. The number of ketones is 1. The summed E-state index contributed by atoms with van der Waals surface area (Å²) in [5, 5.41) is 5.59. The maximum Gasteiger partial charge on any atom is 0.216 e. The Kier molecular flexibility index (Phi) is 5.90. The summed E-state index contributed by atoms with van der Waals surface area (Å²) >= 11 is 1.36. The second-order valence-corrected chi connectivity index (χ2v) is 4.43. The minimum absolute atomic E-state index is 0. The van der Waals surface area contributed by atoms with Crippen molar-refractivity contribution in [2.24, 2.45) is 0 Å². The zero-order chi connectivity index (χ0) is 10.5. The summed E-state index contributed by atoms with van der Waals surface area (Å²) < 4.78 is 5.52. The number of ether oxygens (including phenoxy) is 1. The van der Waals surface area contributed by atoms with Gasteiger partial charge in [-0.25, -0.2) is 4.98 Å². The molecule has 6 heteroatoms. The number of thiazole rings is 1. The van der Waals surface area contributed by atoms with Crippen LogP contribution in [0.2, 0.25) is 0 Å². The molecular weight excluding hydrogens is 248 g/mol. The number of nitrogens with one attached hydrogen (secondary N) is 1. The van der Waals surface area contributed by atoms with Crippen LogP contribution in [0.3, 0.4) is 0 Å². The van der Waals surface area contributed by atoms with Crippen LogP contribution in [-0.4, -0.2) is 36.6 Å². The maximum atomic E-state index is 11.6. The third-order valence-electron chi connectivity index (χ3n) is 2.37. The van der Waals surface area contributed by atoms with E-state index in [1.165, 1.54) is 11.3 Å². The van der Waals surface area contributed by atoms with Crippen LogP contribution < -0.4 is 5.32 Å². The summed E-state index contributed by atoms with van der Waals surface area (Å²) in [7, 11) is 0. The Morgan fingerprint density at radius 2 is 2.56 bits per heavy atom. The van der Waals surface area contributed by atoms with Crippen molar-refractivity contribution in [3.05, 3.63) is 16.6 Å². The van der Waals surface area contributed by atoms with Crippen molar-refractivity contribution >= 4 is 29.5 Å². The Hall–Kier alpha value is -0.490. The van der Waals surface area contributed by atoms with E-state index in [2.05, 4.69) is 10.3 Å². The molecule has 4 nitrogen and oxygen atoms in total. The maximum absolute atomic E-state index is 11.6. The zero-order valence-corrected chi connectivity index (χ0v) is 10.5. The molecule has 0 bridgehead atoms. The van der Waals surface area contributed by atoms with Gasteiger partial charge in [0, 0.05) is 18.1 Å². The summed E-state index contributed by atoms with van der Waals surface area (Å²) in [4.78, 5) is 15.5. The number of carbonyl (C=O) groups is 1. The van der Waals surface area contributed by atoms with Crippen LogP contribution in [0.15, 0.2) is 11.6 Å². The van der Waals surface area contributed by atoms with Gasteiger partial charge in [0.2, 0.25) is 5.78 Å². The molecule has 0 unspecified atom stereocenters. The van der Waals surface area contributed by atoms with Gasteiger partial charge >= 0.3 is 0 Å². The first-order valence-corrected chi connectivity index (χ1v) is 5.99. The molecule has 0 amide bonds. The lowest BCUT2D eigenvalue weighted by atomic mass is 10.1. The Morgan fingerprint density at radius 3 is 3.19 bits per heavy atom. The molecule has 1 aromatic rings. The van der Waals surface area contributed by atoms with Crippen molar-refractivity contribution < 1.29 is 9.53 Å². The molecule has 1 aliphatic rings. The van der Waals surface area contributed by atoms with Crippen LogP contribution in [0.4, 0.5) is 0 Å². The molecule has 0 aliphatic carbocycles. The fourth-order valence-electron chi connectivity index (χ4n) is 1.58. The highest BCUT2D eigenvalue weighted by Gasteiger charge is 2.16. The van der Waals surface area contributed by atoms with E-state index in [0.29, 0.717) is 5.01 Å². The monoisotopic (exact) mass is 262 g/mol.